The van der Waals surface area contributed by atoms with Gasteiger partial charge in [-0.05, 0) is 59.7 Å². The van der Waals surface area contributed by atoms with Crippen LogP contribution in [-0.2, 0) is 9.59 Å². The van der Waals surface area contributed by atoms with Crippen LogP contribution >= 0.6 is 0 Å². The van der Waals surface area contributed by atoms with Gasteiger partial charge in [0.1, 0.15) is 0 Å². The van der Waals surface area contributed by atoms with Crippen molar-refractivity contribution in [1.29, 1.82) is 0 Å². The molecule has 0 atom stereocenters. The number of carbonyl (C=O) groups excluding carboxylic acids is 2. The summed E-state index contributed by atoms with van der Waals surface area (Å²) in [4.78, 5) is 25.4. The summed E-state index contributed by atoms with van der Waals surface area (Å²) in [7, 11) is 2.10. The van der Waals surface area contributed by atoms with Crippen LogP contribution in [0, 0.1) is 5.92 Å². The molecule has 5 heteroatoms. The predicted octanol–water partition coefficient (Wildman–Crippen LogP) is 0.359. The van der Waals surface area contributed by atoms with Gasteiger partial charge in [-0.3, -0.25) is 9.59 Å². The predicted molar refractivity (Wildman–Crippen MR) is 71.1 cm³/mol. The molecule has 1 saturated heterocycles. The van der Waals surface area contributed by atoms with E-state index in [2.05, 4.69) is 22.6 Å². The van der Waals surface area contributed by atoms with E-state index >= 15 is 0 Å². The standard InChI is InChI=1S/C13H25N3O2/c1-13(2,3)15-12(18)11(17)14-9-10-5-7-16(4)8-6-10/h10H,5-9H2,1-4H3,(H,14,17)(H,15,18). The van der Waals surface area contributed by atoms with Crippen molar-refractivity contribution in [2.45, 2.75) is 39.2 Å². The third kappa shape index (κ3) is 5.49. The van der Waals surface area contributed by atoms with Crippen molar-refractivity contribution in [2.24, 2.45) is 5.92 Å². The first-order valence-corrected chi connectivity index (χ1v) is 6.57. The number of nitrogens with one attached hydrogen (secondary N) is 2. The van der Waals surface area contributed by atoms with E-state index in [-0.39, 0.29) is 5.54 Å². The van der Waals surface area contributed by atoms with E-state index in [1.54, 1.807) is 0 Å². The summed E-state index contributed by atoms with van der Waals surface area (Å²) < 4.78 is 0. The summed E-state index contributed by atoms with van der Waals surface area (Å²) in [6, 6.07) is 0. The fourth-order valence-corrected chi connectivity index (χ4v) is 1.98. The Morgan fingerprint density at radius 1 is 1.17 bits per heavy atom. The summed E-state index contributed by atoms with van der Waals surface area (Å²) >= 11 is 0. The molecule has 0 bridgehead atoms. The minimum Gasteiger partial charge on any atom is -0.348 e. The Morgan fingerprint density at radius 2 is 1.72 bits per heavy atom. The Kier molecular flexibility index (Phi) is 5.14. The Bertz CT molecular complexity index is 302. The topological polar surface area (TPSA) is 61.4 Å². The molecule has 2 amide bonds. The summed E-state index contributed by atoms with van der Waals surface area (Å²) in [6.07, 6.45) is 2.16. The molecule has 0 aliphatic carbocycles. The van der Waals surface area contributed by atoms with Crippen LogP contribution in [-0.4, -0.2) is 48.9 Å². The molecule has 0 saturated carbocycles. The van der Waals surface area contributed by atoms with E-state index in [1.807, 2.05) is 20.8 Å². The molecular weight excluding hydrogens is 230 g/mol. The fraction of sp³-hybridized carbons (Fsp3) is 0.846. The van der Waals surface area contributed by atoms with Crippen LogP contribution < -0.4 is 10.6 Å². The van der Waals surface area contributed by atoms with E-state index in [1.165, 1.54) is 0 Å². The lowest BCUT2D eigenvalue weighted by atomic mass is 9.97. The van der Waals surface area contributed by atoms with Crippen molar-refractivity contribution in [3.63, 3.8) is 0 Å². The van der Waals surface area contributed by atoms with E-state index < -0.39 is 11.8 Å². The van der Waals surface area contributed by atoms with Crippen LogP contribution in [0.5, 0.6) is 0 Å². The molecule has 2 N–H and O–H groups in total. The normalized spacial score (nSPS) is 18.4. The second-order valence-corrected chi connectivity index (χ2v) is 6.16. The van der Waals surface area contributed by atoms with Gasteiger partial charge in [-0.1, -0.05) is 0 Å². The Labute approximate surface area is 109 Å². The molecule has 0 radical (unpaired) electrons. The van der Waals surface area contributed by atoms with Gasteiger partial charge in [-0.15, -0.1) is 0 Å². The molecule has 1 aliphatic heterocycles. The van der Waals surface area contributed by atoms with Crippen LogP contribution in [0.15, 0.2) is 0 Å². The monoisotopic (exact) mass is 255 g/mol. The van der Waals surface area contributed by atoms with Gasteiger partial charge in [-0.2, -0.15) is 0 Å². The number of nitrogens with zero attached hydrogens (tertiary/aromatic N) is 1. The highest BCUT2D eigenvalue weighted by atomic mass is 16.2. The van der Waals surface area contributed by atoms with Gasteiger partial charge in [0, 0.05) is 12.1 Å². The zero-order valence-electron chi connectivity index (χ0n) is 11.9. The second kappa shape index (κ2) is 6.18. The number of likely N-dealkylation sites (tertiary alicyclic amines) is 1. The fourth-order valence-electron chi connectivity index (χ4n) is 1.98. The van der Waals surface area contributed by atoms with Gasteiger partial charge in [0.25, 0.3) is 0 Å². The maximum absolute atomic E-state index is 11.6. The molecule has 0 spiro atoms. The average Bonchev–Trinajstić information content (AvgIpc) is 2.25. The first-order chi connectivity index (χ1) is 8.28. The van der Waals surface area contributed by atoms with E-state index in [9.17, 15) is 9.59 Å². The van der Waals surface area contributed by atoms with Gasteiger partial charge in [-0.25, -0.2) is 0 Å². The van der Waals surface area contributed by atoms with Crippen LogP contribution in [0.4, 0.5) is 0 Å². The molecule has 0 unspecified atom stereocenters. The second-order valence-electron chi connectivity index (χ2n) is 6.16. The van der Waals surface area contributed by atoms with E-state index in [4.69, 9.17) is 0 Å². The van der Waals surface area contributed by atoms with Crippen molar-refractivity contribution in [2.75, 3.05) is 26.7 Å². The molecule has 0 aromatic rings. The largest absolute Gasteiger partial charge is 0.348 e. The number of carbonyl (C=O) groups is 2. The molecule has 5 nitrogen and oxygen atoms in total. The molecular formula is C13H25N3O2. The van der Waals surface area contributed by atoms with Gasteiger partial charge in [0.2, 0.25) is 0 Å². The van der Waals surface area contributed by atoms with E-state index in [0.717, 1.165) is 25.9 Å². The quantitative estimate of drug-likeness (QED) is 0.700. The number of hydrogen-bond donors (Lipinski definition) is 2. The van der Waals surface area contributed by atoms with Gasteiger partial charge >= 0.3 is 11.8 Å². The van der Waals surface area contributed by atoms with Crippen molar-refractivity contribution < 1.29 is 9.59 Å². The van der Waals surface area contributed by atoms with Crippen LogP contribution in [0.1, 0.15) is 33.6 Å². The minimum absolute atomic E-state index is 0.373. The molecule has 0 aromatic heterocycles. The van der Waals surface area contributed by atoms with Crippen molar-refractivity contribution in [3.8, 4) is 0 Å². The third-order valence-electron chi connectivity index (χ3n) is 3.08. The summed E-state index contributed by atoms with van der Waals surface area (Å²) in [5, 5.41) is 5.37. The van der Waals surface area contributed by atoms with Crippen LogP contribution in [0.25, 0.3) is 0 Å². The van der Waals surface area contributed by atoms with Crippen molar-refractivity contribution in [3.05, 3.63) is 0 Å². The molecule has 0 aromatic carbocycles. The van der Waals surface area contributed by atoms with E-state index in [0.29, 0.717) is 12.5 Å². The summed E-state index contributed by atoms with van der Waals surface area (Å²) in [6.45, 7) is 8.30. The molecule has 1 heterocycles. The van der Waals surface area contributed by atoms with Gasteiger partial charge in [0.15, 0.2) is 0 Å². The molecule has 1 aliphatic rings. The first-order valence-electron chi connectivity index (χ1n) is 6.57. The summed E-state index contributed by atoms with van der Waals surface area (Å²) in [5.74, 6) is -0.577. The first kappa shape index (κ1) is 15.0. The number of hydrogen-bond acceptors (Lipinski definition) is 3. The highest BCUT2D eigenvalue weighted by Crippen LogP contribution is 2.14. The Balaban J connectivity index is 2.26. The minimum atomic E-state index is -0.546. The maximum Gasteiger partial charge on any atom is 0.309 e. The van der Waals surface area contributed by atoms with Gasteiger partial charge in [0.05, 0.1) is 0 Å². The lowest BCUT2D eigenvalue weighted by Crippen LogP contribution is -2.49. The zero-order chi connectivity index (χ0) is 13.8. The van der Waals surface area contributed by atoms with Gasteiger partial charge < -0.3 is 15.5 Å². The lowest BCUT2D eigenvalue weighted by molar-refractivity contribution is -0.140. The zero-order valence-corrected chi connectivity index (χ0v) is 11.9. The van der Waals surface area contributed by atoms with Crippen LogP contribution in [0.3, 0.4) is 0 Å². The lowest BCUT2D eigenvalue weighted by Gasteiger charge is -2.29. The molecule has 1 rings (SSSR count). The number of piperidine rings is 1. The van der Waals surface area contributed by atoms with Crippen molar-refractivity contribution >= 4 is 11.8 Å². The number of rotatable bonds is 2. The molecule has 104 valence electrons. The average molecular weight is 255 g/mol. The highest BCUT2D eigenvalue weighted by molar-refractivity contribution is 6.35. The summed E-state index contributed by atoms with van der Waals surface area (Å²) in [5.41, 5.74) is -0.373. The Morgan fingerprint density at radius 3 is 2.22 bits per heavy atom. The van der Waals surface area contributed by atoms with Crippen molar-refractivity contribution in [1.82, 2.24) is 15.5 Å². The number of amides is 2. The smallest absolute Gasteiger partial charge is 0.309 e. The maximum atomic E-state index is 11.6. The molecule has 18 heavy (non-hydrogen) atoms. The Hall–Kier alpha value is -1.10. The highest BCUT2D eigenvalue weighted by Gasteiger charge is 2.22. The molecule has 1 fully saturated rings. The van der Waals surface area contributed by atoms with Crippen LogP contribution in [0.2, 0.25) is 0 Å². The third-order valence-corrected chi connectivity index (χ3v) is 3.08. The SMILES string of the molecule is CN1CCC(CNC(=O)C(=O)NC(C)(C)C)CC1.